The number of rotatable bonds is 4. The Morgan fingerprint density at radius 1 is 1.18 bits per heavy atom. The number of anilines is 1. The molecule has 28 heavy (non-hydrogen) atoms. The van der Waals surface area contributed by atoms with Gasteiger partial charge in [-0.1, -0.05) is 0 Å². The second-order valence-corrected chi connectivity index (χ2v) is 7.42. The van der Waals surface area contributed by atoms with Crippen LogP contribution in [0.5, 0.6) is 0 Å². The maximum absolute atomic E-state index is 5.44. The first-order valence-corrected chi connectivity index (χ1v) is 9.66. The van der Waals surface area contributed by atoms with E-state index < -0.39 is 0 Å². The molecule has 1 aliphatic rings. The summed E-state index contributed by atoms with van der Waals surface area (Å²) in [7, 11) is 1.79. The first-order chi connectivity index (χ1) is 13.7. The van der Waals surface area contributed by atoms with Gasteiger partial charge in [0.1, 0.15) is 5.65 Å². The summed E-state index contributed by atoms with van der Waals surface area (Å²) < 4.78 is 7.25. The molecule has 0 aromatic carbocycles. The highest BCUT2D eigenvalue weighted by Gasteiger charge is 2.21. The quantitative estimate of drug-likeness (QED) is 0.567. The maximum Gasteiger partial charge on any atom is 0.224 e. The first kappa shape index (κ1) is 17.1. The van der Waals surface area contributed by atoms with Crippen LogP contribution >= 0.6 is 0 Å². The van der Waals surface area contributed by atoms with Crippen molar-refractivity contribution in [2.75, 3.05) is 12.4 Å². The number of hydrogen-bond donors (Lipinski definition) is 2. The molecule has 1 saturated carbocycles. The van der Waals surface area contributed by atoms with E-state index >= 15 is 0 Å². The number of hydrogen-bond acceptors (Lipinski definition) is 6. The van der Waals surface area contributed by atoms with Crippen LogP contribution in [-0.2, 0) is 4.74 Å². The van der Waals surface area contributed by atoms with E-state index in [0.29, 0.717) is 18.1 Å². The number of nitrogens with one attached hydrogen (secondary N) is 2. The van der Waals surface area contributed by atoms with Gasteiger partial charge in [0, 0.05) is 36.5 Å². The number of fused-ring (bicyclic) bond motifs is 2. The monoisotopic (exact) mass is 377 g/mol. The fourth-order valence-electron chi connectivity index (χ4n) is 3.96. The van der Waals surface area contributed by atoms with Crippen LogP contribution < -0.4 is 5.32 Å². The highest BCUT2D eigenvalue weighted by Crippen LogP contribution is 2.27. The minimum absolute atomic E-state index is 0.386. The number of aromatic amines is 1. The average molecular weight is 377 g/mol. The summed E-state index contributed by atoms with van der Waals surface area (Å²) in [6, 6.07) is 4.35. The minimum Gasteiger partial charge on any atom is -0.381 e. The molecule has 8 nitrogen and oxygen atoms in total. The third kappa shape index (κ3) is 3.09. The molecule has 1 fully saturated rings. The van der Waals surface area contributed by atoms with Gasteiger partial charge in [0.05, 0.1) is 23.7 Å². The second-order valence-electron chi connectivity index (χ2n) is 7.42. The van der Waals surface area contributed by atoms with Crippen molar-refractivity contribution in [2.24, 2.45) is 0 Å². The van der Waals surface area contributed by atoms with Crippen molar-refractivity contribution in [1.29, 1.82) is 0 Å². The molecule has 0 bridgehead atoms. The molecule has 144 valence electrons. The van der Waals surface area contributed by atoms with Crippen molar-refractivity contribution in [3.63, 3.8) is 0 Å². The molecular formula is C20H23N7O. The Kier molecular flexibility index (Phi) is 4.20. The van der Waals surface area contributed by atoms with E-state index in [0.717, 1.165) is 59.3 Å². The molecule has 0 radical (unpaired) electrons. The van der Waals surface area contributed by atoms with Gasteiger partial charge in [-0.25, -0.2) is 14.5 Å². The maximum atomic E-state index is 5.44. The predicted molar refractivity (Wildman–Crippen MR) is 107 cm³/mol. The fourth-order valence-corrected chi connectivity index (χ4v) is 3.96. The van der Waals surface area contributed by atoms with Crippen LogP contribution in [-0.4, -0.2) is 48.8 Å². The van der Waals surface area contributed by atoms with Gasteiger partial charge in [-0.3, -0.25) is 0 Å². The Morgan fingerprint density at radius 2 is 2.04 bits per heavy atom. The largest absolute Gasteiger partial charge is 0.381 e. The van der Waals surface area contributed by atoms with Gasteiger partial charge in [-0.15, -0.1) is 0 Å². The van der Waals surface area contributed by atoms with Crippen molar-refractivity contribution in [3.8, 4) is 11.3 Å². The van der Waals surface area contributed by atoms with Crippen LogP contribution in [0.4, 0.5) is 5.95 Å². The highest BCUT2D eigenvalue weighted by molar-refractivity contribution is 5.92. The number of nitrogens with zero attached hydrogens (tertiary/aromatic N) is 5. The van der Waals surface area contributed by atoms with Crippen LogP contribution in [0.25, 0.3) is 27.9 Å². The topological polar surface area (TPSA) is 93.0 Å². The van der Waals surface area contributed by atoms with Gasteiger partial charge in [-0.2, -0.15) is 10.1 Å². The highest BCUT2D eigenvalue weighted by atomic mass is 16.5. The molecule has 0 aliphatic heterocycles. The third-order valence-corrected chi connectivity index (χ3v) is 5.49. The van der Waals surface area contributed by atoms with Crippen molar-refractivity contribution in [2.45, 2.75) is 44.8 Å². The number of H-pyrrole nitrogens is 1. The Balaban J connectivity index is 1.40. The molecule has 1 aliphatic carbocycles. The van der Waals surface area contributed by atoms with Crippen LogP contribution in [0.15, 0.2) is 30.7 Å². The SMILES string of the molecule is CO[C@H]1CC[C@@H](Nc2ncc3c(-c4ccc5nc(C)cn5n4)c[nH]c3n2)CC1. The summed E-state index contributed by atoms with van der Waals surface area (Å²) >= 11 is 0. The molecule has 0 saturated heterocycles. The lowest BCUT2D eigenvalue weighted by Crippen LogP contribution is -2.29. The van der Waals surface area contributed by atoms with Gasteiger partial charge < -0.3 is 15.0 Å². The summed E-state index contributed by atoms with van der Waals surface area (Å²) in [5, 5.41) is 9.09. The molecule has 4 aromatic heterocycles. The van der Waals surface area contributed by atoms with Crippen LogP contribution in [0.1, 0.15) is 31.4 Å². The fraction of sp³-hybridized carbons (Fsp3) is 0.400. The minimum atomic E-state index is 0.386. The summed E-state index contributed by atoms with van der Waals surface area (Å²) in [6.07, 6.45) is 10.4. The van der Waals surface area contributed by atoms with E-state index in [4.69, 9.17) is 4.74 Å². The van der Waals surface area contributed by atoms with Crippen LogP contribution in [0.2, 0.25) is 0 Å². The lowest BCUT2D eigenvalue weighted by molar-refractivity contribution is 0.0681. The standard InChI is InChI=1S/C20H23N7O/c1-12-11-27-18(23-12)8-7-17(26-27)15-9-21-19-16(15)10-22-20(25-19)24-13-3-5-14(28-2)6-4-13/h7-11,13-14H,3-6H2,1-2H3,(H2,21,22,24,25)/t13-,14+. The summed E-state index contributed by atoms with van der Waals surface area (Å²) in [5.41, 5.74) is 4.43. The Bertz CT molecular complexity index is 1120. The zero-order chi connectivity index (χ0) is 19.1. The molecule has 4 aromatic rings. The lowest BCUT2D eigenvalue weighted by Gasteiger charge is -2.28. The van der Waals surface area contributed by atoms with Crippen LogP contribution in [0, 0.1) is 6.92 Å². The van der Waals surface area contributed by atoms with Gasteiger partial charge in [-0.05, 0) is 44.7 Å². The van der Waals surface area contributed by atoms with Gasteiger partial charge in [0.2, 0.25) is 5.95 Å². The Hall–Kier alpha value is -3.00. The van der Waals surface area contributed by atoms with Crippen molar-refractivity contribution in [3.05, 3.63) is 36.4 Å². The van der Waals surface area contributed by atoms with E-state index in [2.05, 4.69) is 30.4 Å². The molecular weight excluding hydrogens is 354 g/mol. The van der Waals surface area contributed by atoms with Gasteiger partial charge in [0.25, 0.3) is 0 Å². The van der Waals surface area contributed by atoms with E-state index in [9.17, 15) is 0 Å². The second kappa shape index (κ2) is 6.87. The first-order valence-electron chi connectivity index (χ1n) is 9.66. The molecule has 8 heteroatoms. The van der Waals surface area contributed by atoms with Crippen molar-refractivity contribution < 1.29 is 4.74 Å². The Morgan fingerprint density at radius 3 is 2.86 bits per heavy atom. The Labute approximate surface area is 162 Å². The van der Waals surface area contributed by atoms with Crippen molar-refractivity contribution in [1.82, 2.24) is 29.5 Å². The number of imidazole rings is 1. The average Bonchev–Trinajstić information content (AvgIpc) is 3.30. The molecule has 0 amide bonds. The molecule has 0 spiro atoms. The molecule has 2 N–H and O–H groups in total. The molecule has 0 unspecified atom stereocenters. The van der Waals surface area contributed by atoms with Crippen molar-refractivity contribution >= 4 is 22.6 Å². The molecule has 5 rings (SSSR count). The number of ether oxygens (including phenoxy) is 1. The van der Waals surface area contributed by atoms with Gasteiger partial charge >= 0.3 is 0 Å². The predicted octanol–water partition coefficient (Wildman–Crippen LogP) is 3.35. The number of methoxy groups -OCH3 is 1. The van der Waals surface area contributed by atoms with Crippen LogP contribution in [0.3, 0.4) is 0 Å². The summed E-state index contributed by atoms with van der Waals surface area (Å²) in [4.78, 5) is 16.9. The normalized spacial score (nSPS) is 20.1. The van der Waals surface area contributed by atoms with E-state index in [1.807, 2.05) is 37.6 Å². The summed E-state index contributed by atoms with van der Waals surface area (Å²) in [6.45, 7) is 1.96. The van der Waals surface area contributed by atoms with Gasteiger partial charge in [0.15, 0.2) is 5.65 Å². The summed E-state index contributed by atoms with van der Waals surface area (Å²) in [5.74, 6) is 0.662. The third-order valence-electron chi connectivity index (χ3n) is 5.49. The van der Waals surface area contributed by atoms with E-state index in [1.165, 1.54) is 0 Å². The zero-order valence-electron chi connectivity index (χ0n) is 16.0. The number of aryl methyl sites for hydroxylation is 1. The zero-order valence-corrected chi connectivity index (χ0v) is 16.0. The smallest absolute Gasteiger partial charge is 0.224 e. The van der Waals surface area contributed by atoms with E-state index in [-0.39, 0.29) is 0 Å². The molecule has 4 heterocycles. The lowest BCUT2D eigenvalue weighted by atomic mass is 9.93. The number of aromatic nitrogens is 6. The molecule has 0 atom stereocenters. The van der Waals surface area contributed by atoms with E-state index in [1.54, 1.807) is 11.6 Å².